The number of hydrogen-bond donors (Lipinski definition) is 6. The van der Waals surface area contributed by atoms with Gasteiger partial charge in [-0.15, -0.1) is 0 Å². The van der Waals surface area contributed by atoms with E-state index in [-0.39, 0.29) is 81.7 Å². The lowest BCUT2D eigenvalue weighted by atomic mass is 10.2. The molecule has 0 bridgehead atoms. The maximum atomic E-state index is 12.1. The van der Waals surface area contributed by atoms with Crippen molar-refractivity contribution in [3.8, 4) is 5.75 Å². The van der Waals surface area contributed by atoms with Crippen molar-refractivity contribution >= 4 is 35.2 Å². The third kappa shape index (κ3) is 16.9. The van der Waals surface area contributed by atoms with Crippen LogP contribution in [-0.4, -0.2) is 106 Å². The van der Waals surface area contributed by atoms with Gasteiger partial charge in [0.15, 0.2) is 5.75 Å². The van der Waals surface area contributed by atoms with Gasteiger partial charge in [0, 0.05) is 71.9 Å². The molecule has 266 valence electrons. The van der Waals surface area contributed by atoms with Gasteiger partial charge < -0.3 is 20.7 Å². The Kier molecular flexibility index (Phi) is 20.3. The zero-order valence-corrected chi connectivity index (χ0v) is 27.4. The molecule has 0 fully saturated rings. The number of anilines is 1. The van der Waals surface area contributed by atoms with Crippen LogP contribution < -0.4 is 31.5 Å². The van der Waals surface area contributed by atoms with E-state index in [0.717, 1.165) is 0 Å². The summed E-state index contributed by atoms with van der Waals surface area (Å²) in [6, 6.07) is 0. The maximum Gasteiger partial charge on any atom is 0.272 e. The molecule has 0 aliphatic rings. The summed E-state index contributed by atoms with van der Waals surface area (Å²) in [4.78, 5) is 82.0. The van der Waals surface area contributed by atoms with Crippen molar-refractivity contribution in [3.05, 3.63) is 20.4 Å². The van der Waals surface area contributed by atoms with Crippen LogP contribution >= 0.6 is 0 Å². The largest absolute Gasteiger partial charge is 0.488 e. The molecule has 0 unspecified atom stereocenters. The van der Waals surface area contributed by atoms with Crippen LogP contribution in [0.15, 0.2) is 9.59 Å². The minimum atomic E-state index is -0.637. The van der Waals surface area contributed by atoms with Crippen LogP contribution in [0.4, 0.5) is 5.69 Å². The maximum absolute atomic E-state index is 12.1. The average molecular weight is 671 g/mol. The third-order valence-corrected chi connectivity index (χ3v) is 7.06. The first kappa shape index (κ1) is 40.9. The fourth-order valence-corrected chi connectivity index (χ4v) is 4.28. The van der Waals surface area contributed by atoms with Crippen molar-refractivity contribution in [2.24, 2.45) is 0 Å². The second-order valence-corrected chi connectivity index (χ2v) is 10.9. The molecule has 47 heavy (non-hydrogen) atoms. The fourth-order valence-electron chi connectivity index (χ4n) is 4.28. The number of unbranched alkanes of at least 4 members (excludes halogenated alkanes) is 5. The summed E-state index contributed by atoms with van der Waals surface area (Å²) in [7, 11) is 0. The van der Waals surface area contributed by atoms with Gasteiger partial charge in [0.2, 0.25) is 29.5 Å². The van der Waals surface area contributed by atoms with Crippen LogP contribution in [0.5, 0.6) is 5.75 Å². The SMILES string of the molecule is CCOc1c(NCCCCCN(O)C(=O)CCC(=O)NCCCCN(O)C(=O)CCC(=O)NCCCCCN(O)C(C)=O)c(=O)c1=O. The van der Waals surface area contributed by atoms with E-state index in [9.17, 15) is 49.2 Å². The van der Waals surface area contributed by atoms with Gasteiger partial charge in [-0.2, -0.15) is 0 Å². The summed E-state index contributed by atoms with van der Waals surface area (Å²) in [5.41, 5.74) is -1.06. The first-order valence-electron chi connectivity index (χ1n) is 16.1. The lowest BCUT2D eigenvalue weighted by Gasteiger charge is -2.16. The smallest absolute Gasteiger partial charge is 0.272 e. The molecular formula is C30H50N6O11. The second kappa shape index (κ2) is 23.3. The predicted molar refractivity (Wildman–Crippen MR) is 169 cm³/mol. The quantitative estimate of drug-likeness (QED) is 0.0346. The highest BCUT2D eigenvalue weighted by Crippen LogP contribution is 2.17. The van der Waals surface area contributed by atoms with Crippen LogP contribution in [0, 0.1) is 0 Å². The minimum absolute atomic E-state index is 0.0243. The number of nitrogens with one attached hydrogen (secondary N) is 3. The average Bonchev–Trinajstić information content (AvgIpc) is 3.05. The van der Waals surface area contributed by atoms with Gasteiger partial charge in [-0.25, -0.2) is 15.2 Å². The minimum Gasteiger partial charge on any atom is -0.488 e. The molecule has 1 aromatic carbocycles. The lowest BCUT2D eigenvalue weighted by Crippen LogP contribution is -2.36. The van der Waals surface area contributed by atoms with E-state index in [1.54, 1.807) is 6.92 Å². The lowest BCUT2D eigenvalue weighted by molar-refractivity contribution is -0.166. The Morgan fingerprint density at radius 2 is 1.06 bits per heavy atom. The van der Waals surface area contributed by atoms with E-state index in [1.807, 2.05) is 0 Å². The van der Waals surface area contributed by atoms with E-state index in [1.165, 1.54) is 6.92 Å². The van der Waals surface area contributed by atoms with Crippen molar-refractivity contribution in [2.45, 2.75) is 90.9 Å². The Bertz CT molecular complexity index is 1220. The highest BCUT2D eigenvalue weighted by Gasteiger charge is 2.21. The molecule has 0 atom stereocenters. The molecule has 17 heteroatoms. The van der Waals surface area contributed by atoms with Crippen LogP contribution in [0.1, 0.15) is 90.9 Å². The molecule has 1 rings (SSSR count). The predicted octanol–water partition coefficient (Wildman–Crippen LogP) is 0.680. The van der Waals surface area contributed by atoms with Crippen LogP contribution in [0.25, 0.3) is 0 Å². The zero-order valence-electron chi connectivity index (χ0n) is 27.4. The summed E-state index contributed by atoms with van der Waals surface area (Å²) in [6.07, 6.45) is 4.02. The molecular weight excluding hydrogens is 620 g/mol. The Morgan fingerprint density at radius 1 is 0.617 bits per heavy atom. The van der Waals surface area contributed by atoms with Crippen molar-refractivity contribution < 1.29 is 44.3 Å². The van der Waals surface area contributed by atoms with Crippen molar-refractivity contribution in [2.75, 3.05) is 51.2 Å². The number of hydroxylamine groups is 6. The van der Waals surface area contributed by atoms with E-state index in [0.29, 0.717) is 79.6 Å². The number of nitrogens with zero attached hydrogens (tertiary/aromatic N) is 3. The van der Waals surface area contributed by atoms with Crippen molar-refractivity contribution in [1.29, 1.82) is 0 Å². The van der Waals surface area contributed by atoms with Crippen molar-refractivity contribution in [1.82, 2.24) is 25.8 Å². The van der Waals surface area contributed by atoms with E-state index >= 15 is 0 Å². The molecule has 0 aromatic heterocycles. The summed E-state index contributed by atoms with van der Waals surface area (Å²) in [5.74, 6) is -2.27. The zero-order chi connectivity index (χ0) is 35.2. The summed E-state index contributed by atoms with van der Waals surface area (Å²) < 4.78 is 5.13. The number of ether oxygens (including phenoxy) is 1. The molecule has 17 nitrogen and oxygen atoms in total. The van der Waals surface area contributed by atoms with Gasteiger partial charge in [-0.1, -0.05) is 0 Å². The summed E-state index contributed by atoms with van der Waals surface area (Å²) in [5, 5.41) is 39.0. The van der Waals surface area contributed by atoms with Crippen molar-refractivity contribution in [3.63, 3.8) is 0 Å². The van der Waals surface area contributed by atoms with Gasteiger partial charge in [0.25, 0.3) is 10.9 Å². The number of rotatable bonds is 26. The van der Waals surface area contributed by atoms with Gasteiger partial charge in [0.05, 0.1) is 6.61 Å². The number of amides is 5. The van der Waals surface area contributed by atoms with Crippen LogP contribution in [0.3, 0.4) is 0 Å². The molecule has 0 spiro atoms. The molecule has 0 heterocycles. The topological polar surface area (TPSA) is 235 Å². The molecule has 0 radical (unpaired) electrons. The number of carbonyl (C=O) groups excluding carboxylic acids is 5. The Balaban J connectivity index is 2.04. The molecule has 1 aromatic rings. The number of hydrogen-bond acceptors (Lipinski definition) is 12. The highest BCUT2D eigenvalue weighted by molar-refractivity contribution is 5.83. The van der Waals surface area contributed by atoms with Gasteiger partial charge in [0.1, 0.15) is 5.69 Å². The van der Waals surface area contributed by atoms with E-state index in [4.69, 9.17) is 4.74 Å². The monoisotopic (exact) mass is 670 g/mol. The molecule has 0 aliphatic carbocycles. The van der Waals surface area contributed by atoms with Crippen LogP contribution in [0.2, 0.25) is 0 Å². The fraction of sp³-hybridized carbons (Fsp3) is 0.700. The highest BCUT2D eigenvalue weighted by atomic mass is 16.5. The molecule has 6 N–H and O–H groups in total. The normalized spacial score (nSPS) is 10.7. The Hall–Kier alpha value is -4.09. The van der Waals surface area contributed by atoms with Gasteiger partial charge in [-0.3, -0.25) is 49.2 Å². The molecule has 0 aliphatic heterocycles. The van der Waals surface area contributed by atoms with Crippen LogP contribution in [-0.2, 0) is 24.0 Å². The first-order valence-corrected chi connectivity index (χ1v) is 16.1. The third-order valence-electron chi connectivity index (χ3n) is 7.06. The first-order chi connectivity index (χ1) is 22.4. The molecule has 5 amide bonds. The van der Waals surface area contributed by atoms with E-state index in [2.05, 4.69) is 16.0 Å². The summed E-state index contributed by atoms with van der Waals surface area (Å²) >= 11 is 0. The second-order valence-electron chi connectivity index (χ2n) is 10.9. The van der Waals surface area contributed by atoms with E-state index < -0.39 is 28.6 Å². The Labute approximate surface area is 273 Å². The molecule has 0 saturated carbocycles. The summed E-state index contributed by atoms with van der Waals surface area (Å²) in [6.45, 7) is 4.67. The Morgan fingerprint density at radius 3 is 1.55 bits per heavy atom. The standard InChI is InChI=1S/C30H50N6O11/c1-3-47-30-27(28(42)29(30)43)33-18-7-5-10-20-35(45)25(40)14-13-24(39)32-17-8-11-21-36(46)26(41)15-12-23(38)31-16-6-4-9-19-34(44)22(2)37/h33,44-46H,3-21H2,1-2H3,(H,31,38)(H,32,39). The molecule has 0 saturated heterocycles. The van der Waals surface area contributed by atoms with Gasteiger partial charge in [-0.05, 0) is 58.3 Å². The number of carbonyl (C=O) groups is 5. The van der Waals surface area contributed by atoms with Gasteiger partial charge >= 0.3 is 0 Å².